The topological polar surface area (TPSA) is 139 Å². The molecule has 6 rings (SSSR count). The Morgan fingerprint density at radius 3 is 2.40 bits per heavy atom. The molecule has 4 aromatic rings. The van der Waals surface area contributed by atoms with Gasteiger partial charge in [0, 0.05) is 63.0 Å². The van der Waals surface area contributed by atoms with Crippen LogP contribution in [0.4, 0.5) is 26.1 Å². The number of nitrogens with zero attached hydrogens (tertiary/aromatic N) is 6. The van der Waals surface area contributed by atoms with Crippen molar-refractivity contribution in [2.45, 2.75) is 6.54 Å². The zero-order valence-electron chi connectivity index (χ0n) is 26.7. The molecule has 2 saturated heterocycles. The fraction of sp³-hybridized carbons (Fsp3) is 0.375. The Balaban J connectivity index is 1.34. The lowest BCUT2D eigenvalue weighted by molar-refractivity contribution is 0.0600. The van der Waals surface area contributed by atoms with E-state index >= 15 is 4.39 Å². The number of fused-ring (bicyclic) bond motifs is 1. The van der Waals surface area contributed by atoms with Crippen molar-refractivity contribution >= 4 is 44.2 Å². The number of methoxy groups -OCH3 is 2. The van der Waals surface area contributed by atoms with Gasteiger partial charge in [0.15, 0.2) is 0 Å². The lowest BCUT2D eigenvalue weighted by Crippen LogP contribution is -2.46. The third kappa shape index (κ3) is 7.24. The number of morpholine rings is 1. The molecule has 2 aliphatic rings. The van der Waals surface area contributed by atoms with E-state index in [-0.39, 0.29) is 17.1 Å². The zero-order valence-corrected chi connectivity index (χ0v) is 27.5. The lowest BCUT2D eigenvalue weighted by atomic mass is 10.0. The molecule has 0 bridgehead atoms. The molecule has 254 valence electrons. The number of anilines is 3. The number of carbonyl (C=O) groups is 1. The highest BCUT2D eigenvalue weighted by molar-refractivity contribution is 7.92. The van der Waals surface area contributed by atoms with Crippen molar-refractivity contribution in [3.63, 3.8) is 0 Å². The zero-order chi connectivity index (χ0) is 34.0. The van der Waals surface area contributed by atoms with Gasteiger partial charge in [-0.25, -0.2) is 36.9 Å². The second-order valence-corrected chi connectivity index (χ2v) is 13.3. The highest BCUT2D eigenvalue weighted by Gasteiger charge is 2.25. The fourth-order valence-corrected chi connectivity index (χ4v) is 6.46. The number of sulfonamides is 1. The Kier molecular flexibility index (Phi) is 9.57. The van der Waals surface area contributed by atoms with E-state index in [1.54, 1.807) is 12.1 Å². The first-order valence-electron chi connectivity index (χ1n) is 15.2. The third-order valence-electron chi connectivity index (χ3n) is 8.22. The van der Waals surface area contributed by atoms with Crippen molar-refractivity contribution in [1.29, 1.82) is 0 Å². The first-order valence-corrected chi connectivity index (χ1v) is 17.1. The van der Waals surface area contributed by atoms with Crippen LogP contribution in [0.25, 0.3) is 22.2 Å². The number of rotatable bonds is 9. The summed E-state index contributed by atoms with van der Waals surface area (Å²) in [5.74, 6) is -1.10. The van der Waals surface area contributed by atoms with Gasteiger partial charge in [-0.15, -0.1) is 0 Å². The normalized spacial score (nSPS) is 15.9. The predicted octanol–water partition coefficient (Wildman–Crippen LogP) is 3.30. The second-order valence-electron chi connectivity index (χ2n) is 11.5. The molecule has 0 aliphatic carbocycles. The molecule has 0 spiro atoms. The summed E-state index contributed by atoms with van der Waals surface area (Å²) in [7, 11) is -1.04. The Hall–Kier alpha value is -4.67. The maximum absolute atomic E-state index is 15.4. The van der Waals surface area contributed by atoms with Gasteiger partial charge in [0.05, 0.1) is 56.2 Å². The van der Waals surface area contributed by atoms with Gasteiger partial charge in [-0.2, -0.15) is 0 Å². The van der Waals surface area contributed by atoms with E-state index in [9.17, 15) is 17.6 Å². The molecule has 2 aliphatic heterocycles. The Labute approximate surface area is 276 Å². The number of benzene rings is 2. The molecule has 4 heterocycles. The summed E-state index contributed by atoms with van der Waals surface area (Å²) in [4.78, 5) is 31.9. The lowest BCUT2D eigenvalue weighted by Gasteiger charge is -2.36. The van der Waals surface area contributed by atoms with Gasteiger partial charge in [0.25, 0.3) is 0 Å². The number of hydrogen-bond donors (Lipinski definition) is 1. The molecule has 0 amide bonds. The van der Waals surface area contributed by atoms with E-state index in [0.29, 0.717) is 98.4 Å². The smallest absolute Gasteiger partial charge is 0.337 e. The minimum absolute atomic E-state index is 0.0706. The number of esters is 1. The monoisotopic (exact) mass is 683 g/mol. The minimum Gasteiger partial charge on any atom is -0.480 e. The summed E-state index contributed by atoms with van der Waals surface area (Å²) in [5.41, 5.74) is 2.65. The van der Waals surface area contributed by atoms with E-state index in [0.717, 1.165) is 6.26 Å². The quantitative estimate of drug-likeness (QED) is 0.259. The second kappa shape index (κ2) is 13.8. The van der Waals surface area contributed by atoms with Gasteiger partial charge in [-0.3, -0.25) is 9.62 Å². The molecule has 2 aromatic heterocycles. The SMILES string of the molecule is COC(=O)c1ccc(N2CCN(Cc3cc(F)cc4c(-c5cnc(OC)c(NS(C)(=O)=O)c5)nc(N5CCOCC5)nc34)CC2)c(F)c1. The largest absolute Gasteiger partial charge is 0.480 e. The van der Waals surface area contributed by atoms with Gasteiger partial charge < -0.3 is 24.0 Å². The number of ether oxygens (including phenoxy) is 3. The molecule has 0 saturated carbocycles. The number of nitrogens with one attached hydrogen (secondary N) is 1. The van der Waals surface area contributed by atoms with E-state index in [1.165, 1.54) is 44.7 Å². The highest BCUT2D eigenvalue weighted by Crippen LogP contribution is 2.35. The molecule has 0 atom stereocenters. The third-order valence-corrected chi connectivity index (χ3v) is 8.81. The number of pyridine rings is 1. The highest BCUT2D eigenvalue weighted by atomic mass is 32.2. The van der Waals surface area contributed by atoms with Crippen LogP contribution in [0.15, 0.2) is 42.6 Å². The van der Waals surface area contributed by atoms with Crippen LogP contribution in [0.2, 0.25) is 0 Å². The maximum atomic E-state index is 15.4. The van der Waals surface area contributed by atoms with E-state index < -0.39 is 27.6 Å². The predicted molar refractivity (Wildman–Crippen MR) is 176 cm³/mol. The minimum atomic E-state index is -3.67. The number of piperazine rings is 1. The molecule has 2 fully saturated rings. The standard InChI is InChI=1S/C32H35F2N7O6S/c1-45-30-26(38-48(3,43)44)16-21(18-35-30)28-24-17-23(33)14-22(29(24)37-32(36-28)41-10-12-47-13-11-41)19-39-6-8-40(9-7-39)27-5-4-20(15-25(27)34)31(42)46-2/h4-5,14-18,38H,6-13,19H2,1-3H3. The summed E-state index contributed by atoms with van der Waals surface area (Å²) in [6.45, 7) is 4.62. The van der Waals surface area contributed by atoms with Gasteiger partial charge in [0.1, 0.15) is 17.3 Å². The molecule has 2 aromatic carbocycles. The Morgan fingerprint density at radius 1 is 0.979 bits per heavy atom. The van der Waals surface area contributed by atoms with E-state index in [1.807, 2.05) is 9.80 Å². The first kappa shape index (κ1) is 33.2. The average molecular weight is 684 g/mol. The van der Waals surface area contributed by atoms with E-state index in [4.69, 9.17) is 19.4 Å². The van der Waals surface area contributed by atoms with Gasteiger partial charge in [0.2, 0.25) is 21.9 Å². The van der Waals surface area contributed by atoms with Crippen molar-refractivity contribution in [2.24, 2.45) is 0 Å². The molecule has 16 heteroatoms. The number of aromatic nitrogens is 3. The Bertz CT molecular complexity index is 1950. The fourth-order valence-electron chi connectivity index (χ4n) is 5.91. The van der Waals surface area contributed by atoms with Crippen LogP contribution in [-0.2, 0) is 26.0 Å². The summed E-state index contributed by atoms with van der Waals surface area (Å²) in [5, 5.41) is 0.436. The summed E-state index contributed by atoms with van der Waals surface area (Å²) >= 11 is 0. The molecular weight excluding hydrogens is 648 g/mol. The molecule has 13 nitrogen and oxygen atoms in total. The Morgan fingerprint density at radius 2 is 1.73 bits per heavy atom. The van der Waals surface area contributed by atoms with Gasteiger partial charge >= 0.3 is 5.97 Å². The number of carbonyl (C=O) groups excluding carboxylic acids is 1. The number of halogens is 2. The van der Waals surface area contributed by atoms with Crippen molar-refractivity contribution in [2.75, 3.05) is 87.5 Å². The molecule has 0 radical (unpaired) electrons. The summed E-state index contributed by atoms with van der Waals surface area (Å²) in [6, 6.07) is 8.67. The van der Waals surface area contributed by atoms with Crippen LogP contribution in [0.5, 0.6) is 5.88 Å². The van der Waals surface area contributed by atoms with Crippen LogP contribution < -0.4 is 19.3 Å². The van der Waals surface area contributed by atoms with Crippen LogP contribution in [0.3, 0.4) is 0 Å². The molecule has 48 heavy (non-hydrogen) atoms. The molecule has 0 unspecified atom stereocenters. The van der Waals surface area contributed by atoms with Gasteiger partial charge in [-0.05, 0) is 42.0 Å². The summed E-state index contributed by atoms with van der Waals surface area (Å²) < 4.78 is 72.4. The van der Waals surface area contributed by atoms with Crippen molar-refractivity contribution in [3.8, 4) is 17.1 Å². The maximum Gasteiger partial charge on any atom is 0.337 e. The van der Waals surface area contributed by atoms with Crippen LogP contribution in [0.1, 0.15) is 15.9 Å². The van der Waals surface area contributed by atoms with Crippen LogP contribution >= 0.6 is 0 Å². The van der Waals surface area contributed by atoms with E-state index in [2.05, 4.69) is 19.3 Å². The molecular formula is C32H35F2N7O6S. The van der Waals surface area contributed by atoms with Crippen LogP contribution in [-0.4, -0.2) is 107 Å². The van der Waals surface area contributed by atoms with Crippen molar-refractivity contribution in [1.82, 2.24) is 19.9 Å². The van der Waals surface area contributed by atoms with Gasteiger partial charge in [-0.1, -0.05) is 0 Å². The number of hydrogen-bond acceptors (Lipinski definition) is 12. The molecule has 1 N–H and O–H groups in total. The van der Waals surface area contributed by atoms with Crippen LogP contribution in [0, 0.1) is 11.6 Å². The first-order chi connectivity index (χ1) is 23.0. The average Bonchev–Trinajstić information content (AvgIpc) is 3.07. The van der Waals surface area contributed by atoms with Crippen molar-refractivity contribution < 1.29 is 36.2 Å². The van der Waals surface area contributed by atoms with Crippen molar-refractivity contribution in [3.05, 3.63) is 65.4 Å². The summed E-state index contributed by atoms with van der Waals surface area (Å²) in [6.07, 6.45) is 2.52.